The van der Waals surface area contributed by atoms with Crippen molar-refractivity contribution in [2.45, 2.75) is 12.8 Å². The summed E-state index contributed by atoms with van der Waals surface area (Å²) in [5.74, 6) is -0.247. The lowest BCUT2D eigenvalue weighted by atomic mass is 9.75. The minimum atomic E-state index is -0.466. The molecule has 0 aromatic heterocycles. The van der Waals surface area contributed by atoms with Gasteiger partial charge >= 0.3 is 0 Å². The summed E-state index contributed by atoms with van der Waals surface area (Å²) >= 11 is 0. The molecule has 0 bridgehead atoms. The normalized spacial score (nSPS) is 20.6. The van der Waals surface area contributed by atoms with Crippen LogP contribution >= 0.6 is 0 Å². The van der Waals surface area contributed by atoms with Crippen molar-refractivity contribution in [3.05, 3.63) is 65.5 Å². The van der Waals surface area contributed by atoms with Crippen LogP contribution < -0.4 is 5.32 Å². The molecule has 3 heteroatoms. The van der Waals surface area contributed by atoms with Gasteiger partial charge in [0, 0.05) is 12.2 Å². The van der Waals surface area contributed by atoms with E-state index >= 15 is 0 Å². The Bertz CT molecular complexity index is 660. The van der Waals surface area contributed by atoms with Crippen molar-refractivity contribution in [2.24, 2.45) is 5.41 Å². The zero-order valence-electron chi connectivity index (χ0n) is 11.1. The number of anilines is 1. The van der Waals surface area contributed by atoms with Crippen LogP contribution in [0.15, 0.2) is 48.5 Å². The maximum Gasteiger partial charge on any atom is 0.125 e. The highest BCUT2D eigenvalue weighted by molar-refractivity contribution is 5.55. The van der Waals surface area contributed by atoms with Crippen molar-refractivity contribution in [3.63, 3.8) is 0 Å². The van der Waals surface area contributed by atoms with Crippen LogP contribution in [0.5, 0.6) is 0 Å². The molecule has 1 aliphatic heterocycles. The molecule has 0 saturated heterocycles. The summed E-state index contributed by atoms with van der Waals surface area (Å²) in [7, 11) is 0. The van der Waals surface area contributed by atoms with Crippen molar-refractivity contribution in [1.82, 2.24) is 0 Å². The molecule has 1 atom stereocenters. The molecule has 1 heterocycles. The van der Waals surface area contributed by atoms with Crippen molar-refractivity contribution < 1.29 is 4.39 Å². The van der Waals surface area contributed by atoms with Gasteiger partial charge in [-0.25, -0.2) is 4.39 Å². The predicted octanol–water partition coefficient (Wildman–Crippen LogP) is 3.55. The van der Waals surface area contributed by atoms with Crippen LogP contribution in [0.3, 0.4) is 0 Å². The van der Waals surface area contributed by atoms with Gasteiger partial charge in [0.25, 0.3) is 0 Å². The van der Waals surface area contributed by atoms with Crippen molar-refractivity contribution in [1.29, 1.82) is 5.26 Å². The maximum atomic E-state index is 13.2. The number of rotatable bonds is 2. The van der Waals surface area contributed by atoms with Gasteiger partial charge in [0.15, 0.2) is 0 Å². The van der Waals surface area contributed by atoms with E-state index in [4.69, 9.17) is 0 Å². The van der Waals surface area contributed by atoms with Gasteiger partial charge in [-0.3, -0.25) is 0 Å². The number of fused-ring (bicyclic) bond motifs is 1. The Balaban J connectivity index is 1.89. The molecule has 0 fully saturated rings. The Morgan fingerprint density at radius 2 is 2.00 bits per heavy atom. The van der Waals surface area contributed by atoms with Crippen LogP contribution in [0.1, 0.15) is 11.1 Å². The molecule has 0 unspecified atom stereocenters. The predicted molar refractivity (Wildman–Crippen MR) is 76.8 cm³/mol. The van der Waals surface area contributed by atoms with Crippen LogP contribution in [-0.4, -0.2) is 6.54 Å². The second kappa shape index (κ2) is 4.97. The summed E-state index contributed by atoms with van der Waals surface area (Å²) < 4.78 is 13.2. The Morgan fingerprint density at radius 3 is 2.75 bits per heavy atom. The van der Waals surface area contributed by atoms with Crippen LogP contribution in [0.4, 0.5) is 10.1 Å². The Kier molecular flexibility index (Phi) is 3.15. The number of hydrogen-bond acceptors (Lipinski definition) is 2. The largest absolute Gasteiger partial charge is 0.383 e. The smallest absolute Gasteiger partial charge is 0.125 e. The van der Waals surface area contributed by atoms with E-state index < -0.39 is 5.41 Å². The van der Waals surface area contributed by atoms with Gasteiger partial charge in [-0.05, 0) is 36.1 Å². The quantitative estimate of drug-likeness (QED) is 0.902. The molecule has 2 aromatic carbocycles. The van der Waals surface area contributed by atoms with Crippen molar-refractivity contribution in [2.75, 3.05) is 11.9 Å². The van der Waals surface area contributed by atoms with Gasteiger partial charge in [-0.2, -0.15) is 5.26 Å². The average Bonchev–Trinajstić information content (AvgIpc) is 2.48. The van der Waals surface area contributed by atoms with E-state index in [1.807, 2.05) is 30.3 Å². The lowest BCUT2D eigenvalue weighted by molar-refractivity contribution is 0.403. The first-order valence-electron chi connectivity index (χ1n) is 6.68. The standard InChI is InChI=1S/C17H15FN2/c18-15-7-6-14-10-17(11-19,12-20-16(14)8-15)9-13-4-2-1-3-5-13/h1-8,20H,9-10,12H2/t17-/m1/s1. The van der Waals surface area contributed by atoms with Crippen molar-refractivity contribution >= 4 is 5.69 Å². The SMILES string of the molecule is N#C[C@]1(Cc2ccccc2)CNc2cc(F)ccc2C1. The fraction of sp³-hybridized carbons (Fsp3) is 0.235. The molecule has 0 radical (unpaired) electrons. The molecular formula is C17H15FN2. The second-order valence-electron chi connectivity index (χ2n) is 5.39. The molecule has 0 aliphatic carbocycles. The van der Waals surface area contributed by atoms with E-state index in [-0.39, 0.29) is 5.82 Å². The summed E-state index contributed by atoms with van der Waals surface area (Å²) in [5.41, 5.74) is 2.51. The monoisotopic (exact) mass is 266 g/mol. The molecule has 0 amide bonds. The van der Waals surface area contributed by atoms with Gasteiger partial charge in [-0.15, -0.1) is 0 Å². The maximum absolute atomic E-state index is 13.2. The van der Waals surface area contributed by atoms with Gasteiger partial charge < -0.3 is 5.32 Å². The van der Waals surface area contributed by atoms with E-state index in [1.54, 1.807) is 6.07 Å². The molecule has 0 saturated carbocycles. The molecule has 3 rings (SSSR count). The summed E-state index contributed by atoms with van der Waals surface area (Å²) in [6.45, 7) is 0.550. The Morgan fingerprint density at radius 1 is 1.20 bits per heavy atom. The van der Waals surface area contributed by atoms with E-state index in [1.165, 1.54) is 12.1 Å². The van der Waals surface area contributed by atoms with Gasteiger partial charge in [-0.1, -0.05) is 36.4 Å². The highest BCUT2D eigenvalue weighted by Gasteiger charge is 2.35. The summed E-state index contributed by atoms with van der Waals surface area (Å²) in [4.78, 5) is 0. The minimum Gasteiger partial charge on any atom is -0.383 e. The topological polar surface area (TPSA) is 35.8 Å². The molecule has 1 N–H and O–H groups in total. The van der Waals surface area contributed by atoms with E-state index in [0.717, 1.165) is 16.8 Å². The fourth-order valence-corrected chi connectivity index (χ4v) is 2.79. The van der Waals surface area contributed by atoms with Crippen LogP contribution in [-0.2, 0) is 12.8 Å². The number of nitriles is 1. The minimum absolute atomic E-state index is 0.247. The molecule has 2 nitrogen and oxygen atoms in total. The molecule has 100 valence electrons. The Hall–Kier alpha value is -2.34. The molecule has 1 aliphatic rings. The lowest BCUT2D eigenvalue weighted by Gasteiger charge is -2.33. The highest BCUT2D eigenvalue weighted by atomic mass is 19.1. The molecular weight excluding hydrogens is 251 g/mol. The number of nitrogens with one attached hydrogen (secondary N) is 1. The third kappa shape index (κ3) is 2.37. The van der Waals surface area contributed by atoms with E-state index in [9.17, 15) is 9.65 Å². The van der Waals surface area contributed by atoms with Crippen LogP contribution in [0, 0.1) is 22.6 Å². The third-order valence-corrected chi connectivity index (χ3v) is 3.84. The van der Waals surface area contributed by atoms with Gasteiger partial charge in [0.05, 0.1) is 11.5 Å². The summed E-state index contributed by atoms with van der Waals surface area (Å²) in [6.07, 6.45) is 1.36. The summed E-state index contributed by atoms with van der Waals surface area (Å²) in [5, 5.41) is 12.8. The van der Waals surface area contributed by atoms with Crippen LogP contribution in [0.2, 0.25) is 0 Å². The number of nitrogens with zero attached hydrogens (tertiary/aromatic N) is 1. The second-order valence-corrected chi connectivity index (χ2v) is 5.39. The van der Waals surface area contributed by atoms with E-state index in [2.05, 4.69) is 11.4 Å². The highest BCUT2D eigenvalue weighted by Crippen LogP contribution is 2.35. The zero-order valence-corrected chi connectivity index (χ0v) is 11.1. The van der Waals surface area contributed by atoms with Gasteiger partial charge in [0.2, 0.25) is 0 Å². The number of benzene rings is 2. The van der Waals surface area contributed by atoms with Gasteiger partial charge in [0.1, 0.15) is 5.82 Å². The average molecular weight is 266 g/mol. The lowest BCUT2D eigenvalue weighted by Crippen LogP contribution is -2.37. The Labute approximate surface area is 117 Å². The van der Waals surface area contributed by atoms with Crippen molar-refractivity contribution in [3.8, 4) is 6.07 Å². The molecule has 0 spiro atoms. The third-order valence-electron chi connectivity index (χ3n) is 3.84. The summed E-state index contributed by atoms with van der Waals surface area (Å²) in [6, 6.07) is 17.2. The first-order valence-corrected chi connectivity index (χ1v) is 6.68. The first kappa shape index (κ1) is 12.7. The zero-order chi connectivity index (χ0) is 14.0. The molecule has 20 heavy (non-hydrogen) atoms. The van der Waals surface area contributed by atoms with E-state index in [0.29, 0.717) is 19.4 Å². The molecule has 2 aromatic rings. The van der Waals surface area contributed by atoms with Crippen LogP contribution in [0.25, 0.3) is 0 Å². The number of halogens is 1. The fourth-order valence-electron chi connectivity index (χ4n) is 2.79. The first-order chi connectivity index (χ1) is 9.71. The number of hydrogen-bond donors (Lipinski definition) is 1.